The molecule has 4 heteroatoms. The van der Waals surface area contributed by atoms with Gasteiger partial charge in [0.05, 0.1) is 5.60 Å². The number of carbonyl (C=O) groups is 1. The fourth-order valence-electron chi connectivity index (χ4n) is 6.66. The van der Waals surface area contributed by atoms with Gasteiger partial charge in [0.2, 0.25) is 0 Å². The predicted molar refractivity (Wildman–Crippen MR) is 113 cm³/mol. The minimum Gasteiger partial charge on any atom is -0.508 e. The molecule has 5 unspecified atom stereocenters. The van der Waals surface area contributed by atoms with Crippen LogP contribution < -0.4 is 5.32 Å². The highest BCUT2D eigenvalue weighted by Crippen LogP contribution is 2.58. The van der Waals surface area contributed by atoms with Gasteiger partial charge in [0, 0.05) is 23.8 Å². The predicted octanol–water partition coefficient (Wildman–Crippen LogP) is 3.65. The number of piperidine rings is 1. The molecule has 1 heterocycles. The largest absolute Gasteiger partial charge is 0.508 e. The van der Waals surface area contributed by atoms with Gasteiger partial charge in [0.1, 0.15) is 11.5 Å². The normalized spacial score (nSPS) is 37.0. The van der Waals surface area contributed by atoms with Gasteiger partial charge in [0.15, 0.2) is 0 Å². The van der Waals surface area contributed by atoms with Crippen molar-refractivity contribution in [3.63, 3.8) is 0 Å². The number of Topliss-reactive ketones (excluding diaryl/α,β-unsaturated/α-hetero) is 1. The number of hydrogen-bond acceptors (Lipinski definition) is 4. The summed E-state index contributed by atoms with van der Waals surface area (Å²) in [4.78, 5) is 13.3. The topological polar surface area (TPSA) is 69.6 Å². The monoisotopic (exact) mass is 397 g/mol. The average molecular weight is 398 g/mol. The van der Waals surface area contributed by atoms with E-state index in [0.29, 0.717) is 30.3 Å². The van der Waals surface area contributed by atoms with Crippen LogP contribution in [0.2, 0.25) is 0 Å². The quantitative estimate of drug-likeness (QED) is 0.709. The lowest BCUT2D eigenvalue weighted by molar-refractivity contribution is -0.160. The molecular weight excluding hydrogens is 362 g/mol. The van der Waals surface area contributed by atoms with Crippen molar-refractivity contribution < 1.29 is 15.0 Å². The van der Waals surface area contributed by atoms with Gasteiger partial charge in [-0.25, -0.2) is 0 Å². The first-order valence-corrected chi connectivity index (χ1v) is 11.7. The Morgan fingerprint density at radius 1 is 1.31 bits per heavy atom. The van der Waals surface area contributed by atoms with Crippen LogP contribution in [0.4, 0.5) is 0 Å². The molecule has 0 amide bonds. The molecule has 2 saturated carbocycles. The lowest BCUT2D eigenvalue weighted by Crippen LogP contribution is -2.73. The zero-order valence-corrected chi connectivity index (χ0v) is 17.8. The van der Waals surface area contributed by atoms with E-state index in [9.17, 15) is 15.0 Å². The lowest BCUT2D eigenvalue weighted by atomic mass is 9.47. The Balaban J connectivity index is 1.59. The van der Waals surface area contributed by atoms with E-state index in [4.69, 9.17) is 0 Å². The lowest BCUT2D eigenvalue weighted by Gasteiger charge is -2.62. The molecule has 5 rings (SSSR count). The van der Waals surface area contributed by atoms with Crippen molar-refractivity contribution in [1.29, 1.82) is 0 Å². The molecular formula is C25H35NO3. The fourth-order valence-corrected chi connectivity index (χ4v) is 6.66. The molecule has 1 aromatic rings. The van der Waals surface area contributed by atoms with Gasteiger partial charge in [0.25, 0.3) is 0 Å². The number of phenols is 1. The Hall–Kier alpha value is -1.39. The highest BCUT2D eigenvalue weighted by molar-refractivity contribution is 5.85. The van der Waals surface area contributed by atoms with Crippen molar-refractivity contribution in [2.24, 2.45) is 17.8 Å². The molecule has 1 aromatic carbocycles. The summed E-state index contributed by atoms with van der Waals surface area (Å²) >= 11 is 0. The van der Waals surface area contributed by atoms with Gasteiger partial charge in [-0.2, -0.15) is 0 Å². The molecule has 0 aromatic heterocycles. The van der Waals surface area contributed by atoms with Crippen LogP contribution in [0.15, 0.2) is 12.1 Å². The van der Waals surface area contributed by atoms with Crippen LogP contribution in [0.3, 0.4) is 0 Å². The number of rotatable bonds is 5. The maximum atomic E-state index is 13.3. The highest BCUT2D eigenvalue weighted by Gasteiger charge is 2.65. The third-order valence-electron chi connectivity index (χ3n) is 8.68. The maximum Gasteiger partial charge on any atom is 0.137 e. The van der Waals surface area contributed by atoms with Gasteiger partial charge in [-0.1, -0.05) is 20.3 Å². The van der Waals surface area contributed by atoms with Crippen LogP contribution in [0.1, 0.15) is 75.5 Å². The second kappa shape index (κ2) is 6.81. The fraction of sp³-hybridized carbons (Fsp3) is 0.720. The van der Waals surface area contributed by atoms with E-state index < -0.39 is 11.0 Å². The number of hydrogen-bond donors (Lipinski definition) is 3. The Morgan fingerprint density at radius 3 is 2.83 bits per heavy atom. The SMILES string of the molecule is CCC(C)CC1CC2(O)C3Cc4c(CC5CC5)cc(O)cc4C2(CCN3)CC1=O. The van der Waals surface area contributed by atoms with Gasteiger partial charge in [-0.15, -0.1) is 0 Å². The minimum absolute atomic E-state index is 0.00113. The molecule has 4 aliphatic rings. The standard InChI is InChI=1S/C25H35NO3/c1-3-15(2)8-18-13-25(29)23-12-20-17(9-16-4-5-16)10-19(27)11-21(20)24(25,6-7-26-23)14-22(18)28/h10-11,15-16,18,23,26-27,29H,3-9,12-14H2,1-2H3. The summed E-state index contributed by atoms with van der Waals surface area (Å²) in [5.41, 5.74) is 2.16. The number of nitrogens with one attached hydrogen (secondary N) is 1. The number of benzene rings is 1. The van der Waals surface area contributed by atoms with E-state index in [0.717, 1.165) is 50.1 Å². The van der Waals surface area contributed by atoms with Crippen LogP contribution >= 0.6 is 0 Å². The zero-order valence-electron chi connectivity index (χ0n) is 17.8. The summed E-state index contributed by atoms with van der Waals surface area (Å²) in [6, 6.07) is 3.81. The molecule has 1 saturated heterocycles. The molecule has 29 heavy (non-hydrogen) atoms. The Kier molecular flexibility index (Phi) is 4.60. The van der Waals surface area contributed by atoms with Gasteiger partial charge < -0.3 is 15.5 Å². The number of aliphatic hydroxyl groups is 1. The average Bonchev–Trinajstić information content (AvgIpc) is 3.47. The Bertz CT molecular complexity index is 832. The Morgan fingerprint density at radius 2 is 2.10 bits per heavy atom. The van der Waals surface area contributed by atoms with E-state index in [1.165, 1.54) is 24.0 Å². The molecule has 3 fully saturated rings. The van der Waals surface area contributed by atoms with Crippen LogP contribution in [0.5, 0.6) is 5.75 Å². The van der Waals surface area contributed by atoms with Gasteiger partial charge >= 0.3 is 0 Å². The molecule has 2 bridgehead atoms. The summed E-state index contributed by atoms with van der Waals surface area (Å²) in [5.74, 6) is 1.80. The summed E-state index contributed by atoms with van der Waals surface area (Å²) < 4.78 is 0. The first-order chi connectivity index (χ1) is 13.9. The van der Waals surface area contributed by atoms with Gasteiger partial charge in [-0.3, -0.25) is 4.79 Å². The van der Waals surface area contributed by atoms with E-state index in [2.05, 4.69) is 19.2 Å². The molecule has 0 radical (unpaired) electrons. The third kappa shape index (κ3) is 2.97. The number of phenolic OH excluding ortho intramolecular Hbond substituents is 1. The van der Waals surface area contributed by atoms with Gasteiger partial charge in [-0.05, 0) is 92.1 Å². The molecule has 3 aliphatic carbocycles. The molecule has 5 atom stereocenters. The summed E-state index contributed by atoms with van der Waals surface area (Å²) in [6.07, 6.45) is 8.05. The first-order valence-electron chi connectivity index (χ1n) is 11.7. The van der Waals surface area contributed by atoms with Crippen molar-refractivity contribution in [3.8, 4) is 5.75 Å². The second-order valence-electron chi connectivity index (χ2n) is 10.5. The summed E-state index contributed by atoms with van der Waals surface area (Å²) in [7, 11) is 0. The van der Waals surface area contributed by atoms with E-state index in [1.54, 1.807) is 0 Å². The van der Waals surface area contributed by atoms with Crippen molar-refractivity contribution >= 4 is 5.78 Å². The van der Waals surface area contributed by atoms with Crippen LogP contribution in [0, 0.1) is 17.8 Å². The first kappa shape index (κ1) is 19.6. The van der Waals surface area contributed by atoms with Crippen LogP contribution in [-0.4, -0.2) is 34.2 Å². The number of aromatic hydroxyl groups is 1. The van der Waals surface area contributed by atoms with Crippen molar-refractivity contribution in [1.82, 2.24) is 5.32 Å². The summed E-state index contributed by atoms with van der Waals surface area (Å²) in [6.45, 7) is 5.20. The number of fused-ring (bicyclic) bond motifs is 1. The molecule has 158 valence electrons. The molecule has 1 aliphatic heterocycles. The molecule has 3 N–H and O–H groups in total. The minimum atomic E-state index is -0.908. The third-order valence-corrected chi connectivity index (χ3v) is 8.68. The number of carbonyl (C=O) groups excluding carboxylic acids is 1. The van der Waals surface area contributed by atoms with Crippen LogP contribution in [0.25, 0.3) is 0 Å². The van der Waals surface area contributed by atoms with Crippen molar-refractivity contribution in [2.75, 3.05) is 6.54 Å². The van der Waals surface area contributed by atoms with Crippen LogP contribution in [-0.2, 0) is 23.1 Å². The zero-order chi connectivity index (χ0) is 20.4. The van der Waals surface area contributed by atoms with E-state index in [-0.39, 0.29) is 12.0 Å². The number of ketones is 1. The van der Waals surface area contributed by atoms with Crippen molar-refractivity contribution in [2.45, 2.75) is 88.7 Å². The van der Waals surface area contributed by atoms with Crippen molar-refractivity contribution in [3.05, 3.63) is 28.8 Å². The highest BCUT2D eigenvalue weighted by atomic mass is 16.3. The smallest absolute Gasteiger partial charge is 0.137 e. The molecule has 0 spiro atoms. The Labute approximate surface area is 174 Å². The van der Waals surface area contributed by atoms with E-state index in [1.807, 2.05) is 12.1 Å². The summed E-state index contributed by atoms with van der Waals surface area (Å²) in [5, 5.41) is 26.3. The second-order valence-corrected chi connectivity index (χ2v) is 10.5. The maximum absolute atomic E-state index is 13.3. The van der Waals surface area contributed by atoms with E-state index >= 15 is 0 Å². The molecule has 4 nitrogen and oxygen atoms in total.